The first-order chi connectivity index (χ1) is 7.35. The summed E-state index contributed by atoms with van der Waals surface area (Å²) in [5, 5.41) is 13.1. The Morgan fingerprint density at radius 3 is 2.50 bits per heavy atom. The highest BCUT2D eigenvalue weighted by Gasteiger charge is 2.25. The maximum absolute atomic E-state index is 11.7. The van der Waals surface area contributed by atoms with E-state index in [2.05, 4.69) is 10.5 Å². The molecule has 4 N–H and O–H groups in total. The Balaban J connectivity index is 3.49. The fourth-order valence-corrected chi connectivity index (χ4v) is 0.941. The van der Waals surface area contributed by atoms with Gasteiger partial charge in [0.15, 0.2) is 0 Å². The molecule has 0 atom stereocenters. The van der Waals surface area contributed by atoms with Crippen LogP contribution in [-0.2, 0) is 4.79 Å². The Morgan fingerprint density at radius 2 is 2.00 bits per heavy atom. The van der Waals surface area contributed by atoms with E-state index in [1.807, 2.05) is 0 Å². The normalized spacial score (nSPS) is 12.6. The zero-order valence-corrected chi connectivity index (χ0v) is 8.55. The van der Waals surface area contributed by atoms with Crippen LogP contribution in [0.2, 0.25) is 0 Å². The van der Waals surface area contributed by atoms with Crippen molar-refractivity contribution >= 4 is 11.7 Å². The number of hydrogen-bond donors (Lipinski definition) is 3. The zero-order chi connectivity index (χ0) is 12.6. The quantitative estimate of drug-likeness (QED) is 0.213. The molecule has 0 bridgehead atoms. The van der Waals surface area contributed by atoms with Crippen LogP contribution < -0.4 is 11.1 Å². The molecule has 0 aromatic heterocycles. The van der Waals surface area contributed by atoms with Crippen molar-refractivity contribution < 1.29 is 23.2 Å². The fraction of sp³-hybridized carbons (Fsp3) is 0.750. The molecule has 0 fully saturated rings. The van der Waals surface area contributed by atoms with Crippen LogP contribution in [0.15, 0.2) is 5.16 Å². The minimum Gasteiger partial charge on any atom is -0.409 e. The number of unbranched alkanes of at least 4 members (excludes halogenated alkanes) is 1. The summed E-state index contributed by atoms with van der Waals surface area (Å²) in [6.07, 6.45) is -5.08. The number of amidine groups is 1. The van der Waals surface area contributed by atoms with Gasteiger partial charge in [-0.3, -0.25) is 4.79 Å². The number of nitrogens with two attached hydrogens (primary N) is 1. The smallest absolute Gasteiger partial charge is 0.389 e. The monoisotopic (exact) mass is 241 g/mol. The van der Waals surface area contributed by atoms with Crippen LogP contribution in [0.4, 0.5) is 13.2 Å². The third-order valence-corrected chi connectivity index (χ3v) is 1.68. The number of halogens is 3. The summed E-state index contributed by atoms with van der Waals surface area (Å²) in [5.74, 6) is -0.727. The van der Waals surface area contributed by atoms with Gasteiger partial charge in [0.25, 0.3) is 0 Å². The number of carbonyl (C=O) groups excluding carboxylic acids is 1. The number of carbonyl (C=O) groups is 1. The molecule has 16 heavy (non-hydrogen) atoms. The molecular weight excluding hydrogens is 227 g/mol. The third-order valence-electron chi connectivity index (χ3n) is 1.68. The number of hydrogen-bond acceptors (Lipinski definition) is 3. The Hall–Kier alpha value is -1.47. The molecule has 0 radical (unpaired) electrons. The van der Waals surface area contributed by atoms with E-state index in [1.165, 1.54) is 0 Å². The molecule has 0 rings (SSSR count). The van der Waals surface area contributed by atoms with Gasteiger partial charge in [-0.2, -0.15) is 13.2 Å². The predicted molar refractivity (Wildman–Crippen MR) is 50.9 cm³/mol. The van der Waals surface area contributed by atoms with Crippen molar-refractivity contribution in [1.82, 2.24) is 5.32 Å². The molecule has 0 unspecified atom stereocenters. The Labute approximate surface area is 90.5 Å². The van der Waals surface area contributed by atoms with E-state index in [4.69, 9.17) is 10.9 Å². The van der Waals surface area contributed by atoms with Crippen molar-refractivity contribution in [3.8, 4) is 0 Å². The van der Waals surface area contributed by atoms with Crippen molar-refractivity contribution in [2.24, 2.45) is 10.9 Å². The molecule has 94 valence electrons. The van der Waals surface area contributed by atoms with Gasteiger partial charge in [0, 0.05) is 13.0 Å². The largest absolute Gasteiger partial charge is 0.409 e. The number of nitrogens with zero attached hydrogens (tertiary/aromatic N) is 1. The molecule has 0 heterocycles. The van der Waals surface area contributed by atoms with Gasteiger partial charge in [-0.05, 0) is 12.8 Å². The summed E-state index contributed by atoms with van der Waals surface area (Å²) in [6.45, 7) is 0.146. The highest BCUT2D eigenvalue weighted by Crippen LogP contribution is 2.21. The van der Waals surface area contributed by atoms with Crippen molar-refractivity contribution in [1.29, 1.82) is 0 Å². The van der Waals surface area contributed by atoms with Crippen LogP contribution in [0, 0.1) is 0 Å². The van der Waals surface area contributed by atoms with Gasteiger partial charge in [0.05, 0.1) is 6.42 Å². The van der Waals surface area contributed by atoms with Crippen LogP contribution in [-0.4, -0.2) is 29.7 Å². The number of oxime groups is 1. The number of rotatable bonds is 6. The van der Waals surface area contributed by atoms with Crippen molar-refractivity contribution in [3.63, 3.8) is 0 Å². The molecule has 0 aromatic rings. The topological polar surface area (TPSA) is 87.7 Å². The van der Waals surface area contributed by atoms with Crippen molar-refractivity contribution in [2.75, 3.05) is 6.54 Å². The second kappa shape index (κ2) is 6.91. The third kappa shape index (κ3) is 9.10. The number of nitrogens with one attached hydrogen (secondary N) is 1. The molecule has 1 amide bonds. The number of amides is 1. The van der Waals surface area contributed by atoms with Gasteiger partial charge in [0.1, 0.15) is 5.84 Å². The van der Waals surface area contributed by atoms with E-state index in [9.17, 15) is 18.0 Å². The second-order valence-electron chi connectivity index (χ2n) is 3.19. The van der Waals surface area contributed by atoms with Gasteiger partial charge < -0.3 is 16.3 Å². The minimum absolute atomic E-state index is 0.0344. The molecule has 0 aromatic carbocycles. The van der Waals surface area contributed by atoms with Gasteiger partial charge in [-0.1, -0.05) is 5.16 Å². The summed E-state index contributed by atoms with van der Waals surface area (Å²) < 4.78 is 35.1. The summed E-state index contributed by atoms with van der Waals surface area (Å²) in [6, 6.07) is 0. The first-order valence-corrected chi connectivity index (χ1v) is 4.65. The second-order valence-corrected chi connectivity index (χ2v) is 3.19. The predicted octanol–water partition coefficient (Wildman–Crippen LogP) is 0.972. The van der Waals surface area contributed by atoms with Crippen LogP contribution in [0.5, 0.6) is 0 Å². The van der Waals surface area contributed by atoms with E-state index in [-0.39, 0.29) is 31.6 Å². The summed E-state index contributed by atoms with van der Waals surface area (Å²) in [5.41, 5.74) is 5.05. The lowest BCUT2D eigenvalue weighted by Crippen LogP contribution is -2.29. The van der Waals surface area contributed by atoms with Crippen LogP contribution >= 0.6 is 0 Å². The van der Waals surface area contributed by atoms with Crippen LogP contribution in [0.3, 0.4) is 0 Å². The van der Waals surface area contributed by atoms with Gasteiger partial charge in [-0.25, -0.2) is 0 Å². The van der Waals surface area contributed by atoms with Crippen LogP contribution in [0.1, 0.15) is 25.7 Å². The maximum Gasteiger partial charge on any atom is 0.389 e. The molecule has 0 aliphatic carbocycles. The SMILES string of the molecule is NC(CC(=O)NCCCCC(F)(F)F)=NO. The lowest BCUT2D eigenvalue weighted by atomic mass is 10.2. The first kappa shape index (κ1) is 14.5. The van der Waals surface area contributed by atoms with E-state index in [0.717, 1.165) is 0 Å². The first-order valence-electron chi connectivity index (χ1n) is 4.65. The Bertz CT molecular complexity index is 253. The lowest BCUT2D eigenvalue weighted by molar-refractivity contribution is -0.135. The molecule has 5 nitrogen and oxygen atoms in total. The summed E-state index contributed by atoms with van der Waals surface area (Å²) in [4.78, 5) is 11.0. The van der Waals surface area contributed by atoms with Crippen LogP contribution in [0.25, 0.3) is 0 Å². The van der Waals surface area contributed by atoms with E-state index < -0.39 is 18.5 Å². The van der Waals surface area contributed by atoms with Crippen molar-refractivity contribution in [2.45, 2.75) is 31.9 Å². The molecule has 0 aliphatic rings. The molecule has 0 saturated carbocycles. The fourth-order valence-electron chi connectivity index (χ4n) is 0.941. The van der Waals surface area contributed by atoms with Gasteiger partial charge >= 0.3 is 6.18 Å². The highest BCUT2D eigenvalue weighted by molar-refractivity contribution is 5.98. The van der Waals surface area contributed by atoms with E-state index in [1.54, 1.807) is 0 Å². The number of alkyl halides is 3. The molecule has 0 spiro atoms. The van der Waals surface area contributed by atoms with Crippen molar-refractivity contribution in [3.05, 3.63) is 0 Å². The average molecular weight is 241 g/mol. The molecule has 0 saturated heterocycles. The maximum atomic E-state index is 11.7. The Kier molecular flexibility index (Phi) is 6.28. The van der Waals surface area contributed by atoms with Gasteiger partial charge in [0.2, 0.25) is 5.91 Å². The van der Waals surface area contributed by atoms with E-state index >= 15 is 0 Å². The standard InChI is InChI=1S/C8H14F3N3O2/c9-8(10,11)3-1-2-4-13-7(15)5-6(12)14-16/h16H,1-5H2,(H2,12,14)(H,13,15). The molecule has 0 aliphatic heterocycles. The van der Waals surface area contributed by atoms with Gasteiger partial charge in [-0.15, -0.1) is 0 Å². The summed E-state index contributed by atoms with van der Waals surface area (Å²) in [7, 11) is 0. The average Bonchev–Trinajstić information content (AvgIpc) is 2.15. The van der Waals surface area contributed by atoms with E-state index in [0.29, 0.717) is 0 Å². The Morgan fingerprint density at radius 1 is 1.38 bits per heavy atom. The zero-order valence-electron chi connectivity index (χ0n) is 8.55. The minimum atomic E-state index is -4.15. The lowest BCUT2D eigenvalue weighted by Gasteiger charge is -2.06. The summed E-state index contributed by atoms with van der Waals surface area (Å²) >= 11 is 0. The molecule has 8 heteroatoms. The molecular formula is C8H14F3N3O2. The highest BCUT2D eigenvalue weighted by atomic mass is 19.4.